The van der Waals surface area contributed by atoms with Gasteiger partial charge in [-0.15, -0.1) is 0 Å². The molecule has 6 nitrogen and oxygen atoms in total. The van der Waals surface area contributed by atoms with Crippen molar-refractivity contribution in [2.45, 2.75) is 31.9 Å². The molecular weight excluding hydrogens is 434 g/mol. The molecule has 1 aliphatic heterocycles. The summed E-state index contributed by atoms with van der Waals surface area (Å²) in [5.74, 6) is -0.234. The van der Waals surface area contributed by atoms with Crippen LogP contribution in [0.15, 0.2) is 73.1 Å². The largest absolute Gasteiger partial charge is 0.326 e. The second-order valence-electron chi connectivity index (χ2n) is 8.57. The van der Waals surface area contributed by atoms with Crippen LogP contribution >= 0.6 is 0 Å². The Hall–Kier alpha value is -3.03. The second-order valence-corrected chi connectivity index (χ2v) is 10.5. The first-order valence-electron chi connectivity index (χ1n) is 11.2. The van der Waals surface area contributed by atoms with Crippen LogP contribution in [-0.2, 0) is 27.0 Å². The van der Waals surface area contributed by atoms with Crippen LogP contribution in [0, 0.1) is 12.8 Å². The number of hydrogen-bond acceptors (Lipinski definition) is 4. The number of amides is 1. The zero-order valence-corrected chi connectivity index (χ0v) is 19.6. The minimum atomic E-state index is -3.40. The van der Waals surface area contributed by atoms with E-state index in [0.29, 0.717) is 25.9 Å². The molecule has 1 aromatic heterocycles. The molecule has 0 atom stereocenters. The zero-order valence-electron chi connectivity index (χ0n) is 18.8. The van der Waals surface area contributed by atoms with Crippen LogP contribution in [0.4, 0.5) is 5.69 Å². The molecule has 0 spiro atoms. The van der Waals surface area contributed by atoms with Crippen molar-refractivity contribution in [2.75, 3.05) is 18.4 Å². The van der Waals surface area contributed by atoms with E-state index < -0.39 is 10.0 Å². The lowest BCUT2D eigenvalue weighted by atomic mass is 9.97. The fraction of sp³-hybridized carbons (Fsp3) is 0.308. The van der Waals surface area contributed by atoms with E-state index in [4.69, 9.17) is 0 Å². The number of carbonyl (C=O) groups excluding carboxylic acids is 1. The van der Waals surface area contributed by atoms with E-state index >= 15 is 0 Å². The molecule has 1 fully saturated rings. The smallest absolute Gasteiger partial charge is 0.227 e. The Morgan fingerprint density at radius 1 is 0.970 bits per heavy atom. The molecule has 7 heteroatoms. The fourth-order valence-corrected chi connectivity index (χ4v) is 5.81. The first kappa shape index (κ1) is 23.1. The first-order valence-corrected chi connectivity index (χ1v) is 12.8. The number of nitrogens with zero attached hydrogens (tertiary/aromatic N) is 2. The van der Waals surface area contributed by atoms with E-state index in [9.17, 15) is 13.2 Å². The van der Waals surface area contributed by atoms with Gasteiger partial charge in [-0.3, -0.25) is 9.78 Å². The maximum absolute atomic E-state index is 12.9. The number of piperidine rings is 1. The summed E-state index contributed by atoms with van der Waals surface area (Å²) in [6.07, 6.45) is 5.43. The van der Waals surface area contributed by atoms with E-state index in [2.05, 4.69) is 10.3 Å². The average molecular weight is 464 g/mol. The average Bonchev–Trinajstić information content (AvgIpc) is 2.82. The third kappa shape index (κ3) is 6.06. The van der Waals surface area contributed by atoms with Crippen LogP contribution in [0.2, 0.25) is 0 Å². The summed E-state index contributed by atoms with van der Waals surface area (Å²) in [6.45, 7) is 2.67. The molecule has 1 saturated heterocycles. The molecule has 0 bridgehead atoms. The van der Waals surface area contributed by atoms with Crippen molar-refractivity contribution < 1.29 is 13.2 Å². The first-order chi connectivity index (χ1) is 15.9. The summed E-state index contributed by atoms with van der Waals surface area (Å²) in [5.41, 5.74) is 4.90. The molecule has 3 aromatic rings. The minimum Gasteiger partial charge on any atom is -0.326 e. The van der Waals surface area contributed by atoms with E-state index in [1.807, 2.05) is 67.6 Å². The van der Waals surface area contributed by atoms with Crippen molar-refractivity contribution in [3.8, 4) is 0 Å². The number of pyridine rings is 1. The van der Waals surface area contributed by atoms with Crippen LogP contribution in [0.3, 0.4) is 0 Å². The summed E-state index contributed by atoms with van der Waals surface area (Å²) in [4.78, 5) is 16.8. The van der Waals surface area contributed by atoms with Gasteiger partial charge in [0.2, 0.25) is 15.9 Å². The van der Waals surface area contributed by atoms with Gasteiger partial charge >= 0.3 is 0 Å². The van der Waals surface area contributed by atoms with Gasteiger partial charge in [0.05, 0.1) is 5.75 Å². The molecule has 2 aromatic carbocycles. The summed E-state index contributed by atoms with van der Waals surface area (Å²) >= 11 is 0. The van der Waals surface area contributed by atoms with Crippen molar-refractivity contribution >= 4 is 21.6 Å². The van der Waals surface area contributed by atoms with Gasteiger partial charge in [0.1, 0.15) is 0 Å². The number of carbonyl (C=O) groups is 1. The molecule has 1 aliphatic rings. The highest BCUT2D eigenvalue weighted by Gasteiger charge is 2.31. The van der Waals surface area contributed by atoms with Crippen LogP contribution in [0.1, 0.15) is 35.1 Å². The number of aryl methyl sites for hydroxylation is 1. The fourth-order valence-electron chi connectivity index (χ4n) is 4.14. The molecule has 4 rings (SSSR count). The Bertz CT molecular complexity index is 1190. The predicted molar refractivity (Wildman–Crippen MR) is 130 cm³/mol. The Labute approximate surface area is 195 Å². The molecular formula is C26H29N3O3S. The standard InChI is InChI=1S/C26H29N3O3S/c1-20-4-2-3-5-24(20)19-33(31,32)29-16-12-23(13-17-29)26(30)28-25-8-6-21(7-9-25)18-22-10-14-27-15-11-22/h2-11,14-15,23H,12-13,16-19H2,1H3,(H,28,30). The van der Waals surface area contributed by atoms with Crippen LogP contribution in [0.5, 0.6) is 0 Å². The second kappa shape index (κ2) is 10.3. The number of benzene rings is 2. The maximum Gasteiger partial charge on any atom is 0.227 e. The summed E-state index contributed by atoms with van der Waals surface area (Å²) in [5, 5.41) is 2.99. The number of sulfonamides is 1. The van der Waals surface area contributed by atoms with Gasteiger partial charge in [-0.1, -0.05) is 36.4 Å². The van der Waals surface area contributed by atoms with Crippen molar-refractivity contribution in [2.24, 2.45) is 5.92 Å². The van der Waals surface area contributed by atoms with Gasteiger partial charge in [-0.2, -0.15) is 0 Å². The lowest BCUT2D eigenvalue weighted by Gasteiger charge is -2.30. The quantitative estimate of drug-likeness (QED) is 0.571. The van der Waals surface area contributed by atoms with Crippen LogP contribution in [0.25, 0.3) is 0 Å². The molecule has 33 heavy (non-hydrogen) atoms. The van der Waals surface area contributed by atoms with E-state index in [0.717, 1.165) is 28.8 Å². The molecule has 1 amide bonds. The van der Waals surface area contributed by atoms with Crippen LogP contribution in [-0.4, -0.2) is 36.7 Å². The minimum absolute atomic E-state index is 0.00236. The number of nitrogens with one attached hydrogen (secondary N) is 1. The predicted octanol–water partition coefficient (Wildman–Crippen LogP) is 4.16. The number of rotatable bonds is 7. The third-order valence-electron chi connectivity index (χ3n) is 6.20. The van der Waals surface area contributed by atoms with E-state index in [-0.39, 0.29) is 17.6 Å². The van der Waals surface area contributed by atoms with Crippen molar-refractivity contribution in [3.63, 3.8) is 0 Å². The van der Waals surface area contributed by atoms with Crippen molar-refractivity contribution in [1.82, 2.24) is 9.29 Å². The monoisotopic (exact) mass is 463 g/mol. The maximum atomic E-state index is 12.9. The van der Waals surface area contributed by atoms with E-state index in [1.54, 1.807) is 12.4 Å². The van der Waals surface area contributed by atoms with E-state index in [1.165, 1.54) is 9.87 Å². The van der Waals surface area contributed by atoms with Gasteiger partial charge in [0.25, 0.3) is 0 Å². The molecule has 0 aliphatic carbocycles. The SMILES string of the molecule is Cc1ccccc1CS(=O)(=O)N1CCC(C(=O)Nc2ccc(Cc3ccncc3)cc2)CC1. The molecule has 172 valence electrons. The molecule has 0 saturated carbocycles. The number of anilines is 1. The highest BCUT2D eigenvalue weighted by Crippen LogP contribution is 2.24. The Balaban J connectivity index is 1.29. The Morgan fingerprint density at radius 2 is 1.61 bits per heavy atom. The lowest BCUT2D eigenvalue weighted by Crippen LogP contribution is -2.41. The normalized spacial score (nSPS) is 15.3. The Kier molecular flexibility index (Phi) is 7.20. The van der Waals surface area contributed by atoms with Gasteiger partial charge < -0.3 is 5.32 Å². The number of hydrogen-bond donors (Lipinski definition) is 1. The topological polar surface area (TPSA) is 79.4 Å². The molecule has 0 unspecified atom stereocenters. The summed E-state index contributed by atoms with van der Waals surface area (Å²) in [7, 11) is -3.40. The molecule has 0 radical (unpaired) electrons. The van der Waals surface area contributed by atoms with Crippen LogP contribution < -0.4 is 5.32 Å². The summed E-state index contributed by atoms with van der Waals surface area (Å²) < 4.78 is 27.2. The van der Waals surface area contributed by atoms with Gasteiger partial charge in [0.15, 0.2) is 0 Å². The molecule has 1 N–H and O–H groups in total. The number of aromatic nitrogens is 1. The van der Waals surface area contributed by atoms with Crippen molar-refractivity contribution in [1.29, 1.82) is 0 Å². The van der Waals surface area contributed by atoms with Gasteiger partial charge in [0, 0.05) is 37.1 Å². The third-order valence-corrected chi connectivity index (χ3v) is 8.02. The van der Waals surface area contributed by atoms with Gasteiger partial charge in [-0.05, 0) is 72.7 Å². The van der Waals surface area contributed by atoms with Gasteiger partial charge in [-0.25, -0.2) is 12.7 Å². The Morgan fingerprint density at radius 3 is 2.27 bits per heavy atom. The molecule has 2 heterocycles. The summed E-state index contributed by atoms with van der Waals surface area (Å²) in [6, 6.07) is 19.4. The zero-order chi connectivity index (χ0) is 23.3. The lowest BCUT2D eigenvalue weighted by molar-refractivity contribution is -0.120. The van der Waals surface area contributed by atoms with Crippen molar-refractivity contribution in [3.05, 3.63) is 95.3 Å². The highest BCUT2D eigenvalue weighted by molar-refractivity contribution is 7.88. The highest BCUT2D eigenvalue weighted by atomic mass is 32.2.